The van der Waals surface area contributed by atoms with Crippen LogP contribution in [0, 0.1) is 0 Å². The molecule has 1 aromatic rings. The molecule has 1 rings (SSSR count). The molecule has 1 atom stereocenters. The van der Waals surface area contributed by atoms with Crippen LogP contribution >= 0.6 is 44.3 Å². The van der Waals surface area contributed by atoms with Gasteiger partial charge in [-0.05, 0) is 40.0 Å². The van der Waals surface area contributed by atoms with Crippen molar-refractivity contribution in [2.24, 2.45) is 5.73 Å². The SMILES string of the molecule is C=CC[C@H](N)c1cc(Br)cc(Br)c1N.Cl. The molecule has 0 aliphatic rings. The molecule has 0 aliphatic carbocycles. The van der Waals surface area contributed by atoms with Gasteiger partial charge in [-0.2, -0.15) is 0 Å². The van der Waals surface area contributed by atoms with Gasteiger partial charge in [-0.25, -0.2) is 0 Å². The van der Waals surface area contributed by atoms with Crippen molar-refractivity contribution in [3.63, 3.8) is 0 Å². The van der Waals surface area contributed by atoms with E-state index in [1.807, 2.05) is 12.1 Å². The maximum Gasteiger partial charge on any atom is 0.0507 e. The molecule has 0 saturated heterocycles. The number of nitrogens with two attached hydrogens (primary N) is 2. The first-order valence-electron chi connectivity index (χ1n) is 4.17. The zero-order valence-electron chi connectivity index (χ0n) is 8.04. The zero-order valence-corrected chi connectivity index (χ0v) is 12.0. The van der Waals surface area contributed by atoms with Gasteiger partial charge in [0, 0.05) is 15.0 Å². The molecule has 2 nitrogen and oxygen atoms in total. The second-order valence-electron chi connectivity index (χ2n) is 3.02. The van der Waals surface area contributed by atoms with Gasteiger partial charge in [0.05, 0.1) is 5.69 Å². The van der Waals surface area contributed by atoms with Crippen LogP contribution in [0.15, 0.2) is 33.7 Å². The highest BCUT2D eigenvalue weighted by Crippen LogP contribution is 2.32. The summed E-state index contributed by atoms with van der Waals surface area (Å²) in [4.78, 5) is 0. The Hall–Kier alpha value is -0.0300. The van der Waals surface area contributed by atoms with E-state index in [-0.39, 0.29) is 18.4 Å². The molecule has 0 radical (unpaired) electrons. The molecule has 0 amide bonds. The maximum absolute atomic E-state index is 5.95. The lowest BCUT2D eigenvalue weighted by atomic mass is 10.0. The summed E-state index contributed by atoms with van der Waals surface area (Å²) in [6.45, 7) is 3.66. The van der Waals surface area contributed by atoms with Crippen molar-refractivity contribution < 1.29 is 0 Å². The minimum absolute atomic E-state index is 0. The number of benzene rings is 1. The summed E-state index contributed by atoms with van der Waals surface area (Å²) >= 11 is 6.78. The van der Waals surface area contributed by atoms with E-state index in [0.29, 0.717) is 12.1 Å². The lowest BCUT2D eigenvalue weighted by molar-refractivity contribution is 0.743. The smallest absolute Gasteiger partial charge is 0.0507 e. The number of rotatable bonds is 3. The summed E-state index contributed by atoms with van der Waals surface area (Å²) in [6, 6.07) is 3.74. The van der Waals surface area contributed by atoms with Crippen LogP contribution in [0.5, 0.6) is 0 Å². The summed E-state index contributed by atoms with van der Waals surface area (Å²) in [6.07, 6.45) is 2.51. The lowest BCUT2D eigenvalue weighted by Gasteiger charge is -2.14. The van der Waals surface area contributed by atoms with Crippen molar-refractivity contribution in [3.8, 4) is 0 Å². The van der Waals surface area contributed by atoms with Crippen molar-refractivity contribution in [3.05, 3.63) is 39.3 Å². The van der Waals surface area contributed by atoms with Crippen LogP contribution in [0.2, 0.25) is 0 Å². The van der Waals surface area contributed by atoms with Crippen LogP contribution in [-0.2, 0) is 0 Å². The van der Waals surface area contributed by atoms with Crippen LogP contribution in [0.1, 0.15) is 18.0 Å². The predicted octanol–water partition coefficient (Wildman–Crippen LogP) is 3.79. The van der Waals surface area contributed by atoms with Crippen molar-refractivity contribution in [1.82, 2.24) is 0 Å². The summed E-state index contributed by atoms with van der Waals surface area (Å²) in [5.74, 6) is 0. The number of anilines is 1. The van der Waals surface area contributed by atoms with Crippen LogP contribution < -0.4 is 11.5 Å². The molecular weight excluding hydrogens is 343 g/mol. The Bertz CT molecular complexity index is 356. The van der Waals surface area contributed by atoms with Gasteiger partial charge in [0.15, 0.2) is 0 Å². The number of hydrogen-bond donors (Lipinski definition) is 2. The lowest BCUT2D eigenvalue weighted by Crippen LogP contribution is -2.11. The Balaban J connectivity index is 0.00000196. The molecule has 15 heavy (non-hydrogen) atoms. The van der Waals surface area contributed by atoms with Gasteiger partial charge in [-0.3, -0.25) is 0 Å². The normalized spacial score (nSPS) is 11.7. The second-order valence-corrected chi connectivity index (χ2v) is 4.79. The van der Waals surface area contributed by atoms with Crippen LogP contribution in [0.25, 0.3) is 0 Å². The highest BCUT2D eigenvalue weighted by molar-refractivity contribution is 9.11. The van der Waals surface area contributed by atoms with Crippen molar-refractivity contribution in [2.45, 2.75) is 12.5 Å². The molecule has 0 fully saturated rings. The molecule has 0 unspecified atom stereocenters. The summed E-state index contributed by atoms with van der Waals surface area (Å²) < 4.78 is 1.83. The Morgan fingerprint density at radius 2 is 2.00 bits per heavy atom. The minimum Gasteiger partial charge on any atom is -0.398 e. The van der Waals surface area contributed by atoms with Crippen LogP contribution in [0.4, 0.5) is 5.69 Å². The van der Waals surface area contributed by atoms with Crippen LogP contribution in [0.3, 0.4) is 0 Å². The monoisotopic (exact) mass is 354 g/mol. The standard InChI is InChI=1S/C10H12Br2N2.ClH/c1-2-3-9(13)7-4-6(11)5-8(12)10(7)14;/h2,4-5,9H,1,3,13-14H2;1H/t9-;/m0./s1. The summed E-state index contributed by atoms with van der Waals surface area (Å²) in [7, 11) is 0. The maximum atomic E-state index is 5.95. The molecule has 1 aromatic carbocycles. The Kier molecular flexibility index (Phi) is 6.52. The van der Waals surface area contributed by atoms with E-state index >= 15 is 0 Å². The van der Waals surface area contributed by atoms with E-state index in [4.69, 9.17) is 11.5 Å². The largest absolute Gasteiger partial charge is 0.398 e. The summed E-state index contributed by atoms with van der Waals surface area (Å²) in [5.41, 5.74) is 13.5. The van der Waals surface area contributed by atoms with E-state index in [0.717, 1.165) is 14.5 Å². The van der Waals surface area contributed by atoms with Crippen molar-refractivity contribution >= 4 is 50.0 Å². The highest BCUT2D eigenvalue weighted by Gasteiger charge is 2.11. The van der Waals surface area contributed by atoms with E-state index in [9.17, 15) is 0 Å². The molecule has 0 bridgehead atoms. The average Bonchev–Trinajstić information content (AvgIpc) is 2.11. The first-order chi connectivity index (χ1) is 6.56. The third-order valence-corrected chi connectivity index (χ3v) is 3.06. The van der Waals surface area contributed by atoms with Gasteiger partial charge in [0.1, 0.15) is 0 Å². The van der Waals surface area contributed by atoms with E-state index in [1.54, 1.807) is 6.08 Å². The van der Waals surface area contributed by atoms with E-state index in [2.05, 4.69) is 38.4 Å². The fourth-order valence-corrected chi connectivity index (χ4v) is 2.48. The first-order valence-corrected chi connectivity index (χ1v) is 5.75. The summed E-state index contributed by atoms with van der Waals surface area (Å²) in [5, 5.41) is 0. The van der Waals surface area contributed by atoms with E-state index < -0.39 is 0 Å². The van der Waals surface area contributed by atoms with E-state index in [1.165, 1.54) is 0 Å². The van der Waals surface area contributed by atoms with Gasteiger partial charge in [0.2, 0.25) is 0 Å². The fraction of sp³-hybridized carbons (Fsp3) is 0.200. The molecule has 84 valence electrons. The zero-order chi connectivity index (χ0) is 10.7. The number of halogens is 3. The molecule has 0 saturated carbocycles. The molecular formula is C10H13Br2ClN2. The quantitative estimate of drug-likeness (QED) is 0.639. The second kappa shape index (κ2) is 6.53. The molecule has 5 heteroatoms. The fourth-order valence-electron chi connectivity index (χ4n) is 1.22. The minimum atomic E-state index is -0.0960. The van der Waals surface area contributed by atoms with Gasteiger partial charge < -0.3 is 11.5 Å². The predicted molar refractivity (Wildman–Crippen MR) is 75.2 cm³/mol. The topological polar surface area (TPSA) is 52.0 Å². The third-order valence-electron chi connectivity index (χ3n) is 1.95. The first kappa shape index (κ1) is 15.0. The van der Waals surface area contributed by atoms with Crippen LogP contribution in [-0.4, -0.2) is 0 Å². The molecule has 0 aliphatic heterocycles. The number of nitrogen functional groups attached to an aromatic ring is 1. The number of hydrogen-bond acceptors (Lipinski definition) is 2. The third kappa shape index (κ3) is 3.79. The van der Waals surface area contributed by atoms with Gasteiger partial charge in [-0.1, -0.05) is 22.0 Å². The Labute approximate surface area is 113 Å². The van der Waals surface area contributed by atoms with Crippen molar-refractivity contribution in [2.75, 3.05) is 5.73 Å². The Morgan fingerprint density at radius 1 is 1.40 bits per heavy atom. The van der Waals surface area contributed by atoms with Crippen molar-refractivity contribution in [1.29, 1.82) is 0 Å². The molecule has 0 heterocycles. The molecule has 4 N–H and O–H groups in total. The average molecular weight is 356 g/mol. The van der Waals surface area contributed by atoms with Gasteiger partial charge in [0.25, 0.3) is 0 Å². The van der Waals surface area contributed by atoms with Gasteiger partial charge in [-0.15, -0.1) is 19.0 Å². The highest BCUT2D eigenvalue weighted by atomic mass is 79.9. The molecule has 0 spiro atoms. The molecule has 0 aromatic heterocycles. The van der Waals surface area contributed by atoms with Gasteiger partial charge >= 0.3 is 0 Å². The Morgan fingerprint density at radius 3 is 2.53 bits per heavy atom.